The predicted octanol–water partition coefficient (Wildman–Crippen LogP) is 1.49. The first-order valence-electron chi connectivity index (χ1n) is 5.57. The third-order valence-corrected chi connectivity index (χ3v) is 2.65. The number of carboxylic acids is 1. The number of hydrogen-bond acceptors (Lipinski definition) is 5. The van der Waals surface area contributed by atoms with E-state index in [9.17, 15) is 14.7 Å². The molecule has 1 unspecified atom stereocenters. The Labute approximate surface area is 107 Å². The van der Waals surface area contributed by atoms with Gasteiger partial charge in [0.2, 0.25) is 0 Å². The summed E-state index contributed by atoms with van der Waals surface area (Å²) in [4.78, 5) is 22.0. The highest BCUT2D eigenvalue weighted by Gasteiger charge is 2.13. The lowest BCUT2D eigenvalue weighted by Crippen LogP contribution is -2.19. The molecule has 0 radical (unpaired) electrons. The van der Waals surface area contributed by atoms with E-state index in [0.29, 0.717) is 10.9 Å². The molecule has 100 valence electrons. The first-order valence-corrected chi connectivity index (χ1v) is 5.57. The molecular formula is C13H12O6. The molecule has 0 aliphatic carbocycles. The van der Waals surface area contributed by atoms with Crippen molar-refractivity contribution in [3.8, 4) is 5.75 Å². The number of benzene rings is 1. The topological polar surface area (TPSA) is 97.0 Å². The molecule has 19 heavy (non-hydrogen) atoms. The van der Waals surface area contributed by atoms with Crippen molar-refractivity contribution in [2.45, 2.75) is 19.6 Å². The lowest BCUT2D eigenvalue weighted by atomic mass is 10.1. The molecule has 6 heteroatoms. The van der Waals surface area contributed by atoms with Gasteiger partial charge in [-0.3, -0.25) is 0 Å². The van der Waals surface area contributed by atoms with Gasteiger partial charge in [-0.15, -0.1) is 0 Å². The minimum Gasteiger partial charge on any atom is -0.508 e. The van der Waals surface area contributed by atoms with Crippen LogP contribution in [0.1, 0.15) is 12.5 Å². The van der Waals surface area contributed by atoms with E-state index >= 15 is 0 Å². The average molecular weight is 264 g/mol. The van der Waals surface area contributed by atoms with E-state index in [0.717, 1.165) is 0 Å². The number of aliphatic carboxylic acids is 1. The number of phenolic OH excluding ortho intramolecular Hbond substituents is 1. The van der Waals surface area contributed by atoms with Crippen molar-refractivity contribution in [1.29, 1.82) is 0 Å². The minimum atomic E-state index is -1.08. The van der Waals surface area contributed by atoms with Gasteiger partial charge < -0.3 is 19.4 Å². The second kappa shape index (κ2) is 5.11. The van der Waals surface area contributed by atoms with Crippen LogP contribution < -0.4 is 5.63 Å². The first kappa shape index (κ1) is 13.1. The molecule has 1 aromatic carbocycles. The molecule has 0 aliphatic rings. The zero-order valence-corrected chi connectivity index (χ0v) is 10.1. The van der Waals surface area contributed by atoms with Crippen molar-refractivity contribution in [3.05, 3.63) is 40.2 Å². The van der Waals surface area contributed by atoms with Gasteiger partial charge in [0.25, 0.3) is 0 Å². The van der Waals surface area contributed by atoms with E-state index in [4.69, 9.17) is 14.3 Å². The number of carbonyl (C=O) groups is 1. The van der Waals surface area contributed by atoms with Gasteiger partial charge >= 0.3 is 11.6 Å². The van der Waals surface area contributed by atoms with Crippen LogP contribution in [0.5, 0.6) is 5.75 Å². The van der Waals surface area contributed by atoms with Gasteiger partial charge in [0.1, 0.15) is 11.3 Å². The van der Waals surface area contributed by atoms with E-state index in [1.165, 1.54) is 25.1 Å². The smallest absolute Gasteiger partial charge is 0.336 e. The van der Waals surface area contributed by atoms with Gasteiger partial charge in [0.15, 0.2) is 6.10 Å². The highest BCUT2D eigenvalue weighted by Crippen LogP contribution is 2.22. The molecule has 2 N–H and O–H groups in total. The molecule has 2 rings (SSSR count). The first-order chi connectivity index (χ1) is 8.97. The zero-order valence-electron chi connectivity index (χ0n) is 10.1. The summed E-state index contributed by atoms with van der Waals surface area (Å²) in [5.74, 6) is -1.10. The Morgan fingerprint density at radius 2 is 2.16 bits per heavy atom. The molecule has 0 amide bonds. The molecule has 0 fully saturated rings. The monoisotopic (exact) mass is 264 g/mol. The molecule has 0 bridgehead atoms. The summed E-state index contributed by atoms with van der Waals surface area (Å²) in [6.45, 7) is 1.38. The van der Waals surface area contributed by atoms with Crippen LogP contribution in [0.4, 0.5) is 0 Å². The summed E-state index contributed by atoms with van der Waals surface area (Å²) >= 11 is 0. The third-order valence-electron chi connectivity index (χ3n) is 2.65. The van der Waals surface area contributed by atoms with Gasteiger partial charge in [-0.2, -0.15) is 0 Å². The number of hydrogen-bond donors (Lipinski definition) is 2. The highest BCUT2D eigenvalue weighted by molar-refractivity contribution is 5.81. The van der Waals surface area contributed by atoms with E-state index in [2.05, 4.69) is 0 Å². The predicted molar refractivity (Wildman–Crippen MR) is 66.0 cm³/mol. The second-order valence-corrected chi connectivity index (χ2v) is 4.06. The normalized spacial score (nSPS) is 12.5. The molecule has 6 nitrogen and oxygen atoms in total. The van der Waals surface area contributed by atoms with Crippen LogP contribution in [-0.4, -0.2) is 22.3 Å². The van der Waals surface area contributed by atoms with Crippen LogP contribution in [-0.2, 0) is 16.1 Å². The van der Waals surface area contributed by atoms with E-state index in [1.54, 1.807) is 6.07 Å². The maximum atomic E-state index is 11.4. The molecule has 1 atom stereocenters. The van der Waals surface area contributed by atoms with Crippen molar-refractivity contribution >= 4 is 16.9 Å². The van der Waals surface area contributed by atoms with Gasteiger partial charge in [0.05, 0.1) is 6.61 Å². The number of ether oxygens (including phenoxy) is 1. The lowest BCUT2D eigenvalue weighted by Gasteiger charge is -2.09. The Morgan fingerprint density at radius 1 is 1.42 bits per heavy atom. The SMILES string of the molecule is CC(OCc1cc(=O)oc2cc(O)ccc12)C(=O)O. The number of fused-ring (bicyclic) bond motifs is 1. The molecular weight excluding hydrogens is 252 g/mol. The van der Waals surface area contributed by atoms with Gasteiger partial charge in [0, 0.05) is 17.5 Å². The second-order valence-electron chi connectivity index (χ2n) is 4.06. The Bertz CT molecular complexity index is 672. The van der Waals surface area contributed by atoms with Crippen molar-refractivity contribution in [2.24, 2.45) is 0 Å². The molecule has 1 heterocycles. The molecule has 0 aliphatic heterocycles. The molecule has 2 aromatic rings. The summed E-state index contributed by atoms with van der Waals surface area (Å²) in [6.07, 6.45) is -0.973. The Balaban J connectivity index is 2.37. The van der Waals surface area contributed by atoms with Crippen LogP contribution >= 0.6 is 0 Å². The molecule has 0 saturated carbocycles. The van der Waals surface area contributed by atoms with Crippen LogP contribution in [0.2, 0.25) is 0 Å². The van der Waals surface area contributed by atoms with E-state index < -0.39 is 17.7 Å². The van der Waals surface area contributed by atoms with Crippen LogP contribution in [0.25, 0.3) is 11.0 Å². The van der Waals surface area contributed by atoms with Crippen molar-refractivity contribution in [1.82, 2.24) is 0 Å². The number of carboxylic acid groups (broad SMARTS) is 1. The van der Waals surface area contributed by atoms with E-state index in [-0.39, 0.29) is 17.9 Å². The fourth-order valence-electron chi connectivity index (χ4n) is 1.62. The maximum Gasteiger partial charge on any atom is 0.336 e. The Morgan fingerprint density at radius 3 is 2.84 bits per heavy atom. The van der Waals surface area contributed by atoms with Gasteiger partial charge in [-0.25, -0.2) is 9.59 Å². The van der Waals surface area contributed by atoms with Gasteiger partial charge in [-0.05, 0) is 24.6 Å². The van der Waals surface area contributed by atoms with Crippen LogP contribution in [0.3, 0.4) is 0 Å². The average Bonchev–Trinajstić information content (AvgIpc) is 2.34. The number of rotatable bonds is 4. The van der Waals surface area contributed by atoms with Crippen molar-refractivity contribution < 1.29 is 24.2 Å². The van der Waals surface area contributed by atoms with Crippen LogP contribution in [0.15, 0.2) is 33.5 Å². The fourth-order valence-corrected chi connectivity index (χ4v) is 1.62. The van der Waals surface area contributed by atoms with Crippen molar-refractivity contribution in [3.63, 3.8) is 0 Å². The Hall–Kier alpha value is -2.34. The number of phenols is 1. The van der Waals surface area contributed by atoms with Crippen molar-refractivity contribution in [2.75, 3.05) is 0 Å². The summed E-state index contributed by atoms with van der Waals surface area (Å²) < 4.78 is 10.1. The summed E-state index contributed by atoms with van der Waals surface area (Å²) in [6, 6.07) is 5.60. The number of aromatic hydroxyl groups is 1. The Kier molecular flexibility index (Phi) is 3.52. The largest absolute Gasteiger partial charge is 0.508 e. The summed E-state index contributed by atoms with van der Waals surface area (Å²) in [5.41, 5.74) is 0.160. The molecule has 1 aromatic heterocycles. The highest BCUT2D eigenvalue weighted by atomic mass is 16.5. The lowest BCUT2D eigenvalue weighted by molar-refractivity contribution is -0.149. The molecule has 0 saturated heterocycles. The van der Waals surface area contributed by atoms with Crippen LogP contribution in [0, 0.1) is 0 Å². The minimum absolute atomic E-state index is 0.0207. The van der Waals surface area contributed by atoms with E-state index in [1.807, 2.05) is 0 Å². The maximum absolute atomic E-state index is 11.4. The summed E-state index contributed by atoms with van der Waals surface area (Å²) in [5, 5.41) is 18.7. The standard InChI is InChI=1S/C13H12O6/c1-7(13(16)17)18-6-8-4-12(15)19-11-5-9(14)2-3-10(8)11/h2-5,7,14H,6H2,1H3,(H,16,17). The summed E-state index contributed by atoms with van der Waals surface area (Å²) in [7, 11) is 0. The fraction of sp³-hybridized carbons (Fsp3) is 0.231. The zero-order chi connectivity index (χ0) is 14.0. The third kappa shape index (κ3) is 2.92. The quantitative estimate of drug-likeness (QED) is 0.812. The molecule has 0 spiro atoms. The van der Waals surface area contributed by atoms with Gasteiger partial charge in [-0.1, -0.05) is 0 Å².